The molecule has 0 aliphatic heterocycles. The normalized spacial score (nSPS) is 13.3. The molecular weight excluding hydrogens is 281 g/mol. The number of aromatic amines is 1. The highest BCUT2D eigenvalue weighted by Crippen LogP contribution is 2.19. The van der Waals surface area contributed by atoms with E-state index in [0.717, 1.165) is 6.07 Å². The van der Waals surface area contributed by atoms with Crippen molar-refractivity contribution in [3.05, 3.63) is 47.8 Å². The summed E-state index contributed by atoms with van der Waals surface area (Å²) in [7, 11) is -3.79. The van der Waals surface area contributed by atoms with Gasteiger partial charge < -0.3 is 4.98 Å². The molecule has 2 rings (SSSR count). The maximum atomic E-state index is 13.5. The van der Waals surface area contributed by atoms with E-state index in [0.29, 0.717) is 17.8 Å². The molecule has 1 aromatic heterocycles. The van der Waals surface area contributed by atoms with E-state index in [4.69, 9.17) is 0 Å². The molecule has 2 N–H and O–H groups in total. The minimum atomic E-state index is -3.79. The van der Waals surface area contributed by atoms with Gasteiger partial charge in [0.05, 0.1) is 10.9 Å². The molecule has 1 unspecified atom stereocenters. The van der Waals surface area contributed by atoms with Crippen LogP contribution in [0.4, 0.5) is 4.39 Å². The molecule has 0 fully saturated rings. The Morgan fingerprint density at radius 1 is 1.45 bits per heavy atom. The van der Waals surface area contributed by atoms with E-state index < -0.39 is 21.9 Å². The van der Waals surface area contributed by atoms with Crippen molar-refractivity contribution >= 4 is 10.0 Å². The van der Waals surface area contributed by atoms with Crippen LogP contribution in [0.15, 0.2) is 35.5 Å². The molecule has 0 saturated carbocycles. The highest BCUT2D eigenvalue weighted by molar-refractivity contribution is 7.89. The van der Waals surface area contributed by atoms with Crippen molar-refractivity contribution < 1.29 is 12.8 Å². The Morgan fingerprint density at radius 2 is 2.20 bits per heavy atom. The van der Waals surface area contributed by atoms with Crippen molar-refractivity contribution in [3.8, 4) is 0 Å². The van der Waals surface area contributed by atoms with Gasteiger partial charge in [-0.1, -0.05) is 13.0 Å². The zero-order valence-corrected chi connectivity index (χ0v) is 12.0. The number of benzene rings is 1. The number of H-pyrrole nitrogens is 1. The van der Waals surface area contributed by atoms with E-state index in [1.165, 1.54) is 12.1 Å². The molecule has 0 amide bonds. The highest BCUT2D eigenvalue weighted by Gasteiger charge is 2.22. The van der Waals surface area contributed by atoms with Crippen molar-refractivity contribution in [1.29, 1.82) is 0 Å². The summed E-state index contributed by atoms with van der Waals surface area (Å²) in [5.74, 6) is -0.0115. The Bertz CT molecular complexity index is 684. The predicted molar refractivity (Wildman–Crippen MR) is 73.1 cm³/mol. The van der Waals surface area contributed by atoms with Crippen molar-refractivity contribution in [2.75, 3.05) is 0 Å². The second kappa shape index (κ2) is 5.72. The lowest BCUT2D eigenvalue weighted by Gasteiger charge is -2.15. The second-order valence-electron chi connectivity index (χ2n) is 4.47. The van der Waals surface area contributed by atoms with Crippen LogP contribution in [0, 0.1) is 12.7 Å². The lowest BCUT2D eigenvalue weighted by Crippen LogP contribution is -2.29. The number of imidazole rings is 1. The summed E-state index contributed by atoms with van der Waals surface area (Å²) in [6.07, 6.45) is 3.71. The van der Waals surface area contributed by atoms with Crippen molar-refractivity contribution in [2.45, 2.75) is 31.2 Å². The number of sulfonamides is 1. The molecule has 1 heterocycles. The SMILES string of the molecule is CCC(NS(=O)(=O)c1ccc(C)c(F)c1)c1ncc[nH]1. The number of nitrogens with one attached hydrogen (secondary N) is 2. The quantitative estimate of drug-likeness (QED) is 0.889. The molecule has 0 spiro atoms. The zero-order chi connectivity index (χ0) is 14.8. The molecule has 20 heavy (non-hydrogen) atoms. The van der Waals surface area contributed by atoms with Gasteiger partial charge in [-0.25, -0.2) is 22.5 Å². The smallest absolute Gasteiger partial charge is 0.241 e. The van der Waals surface area contributed by atoms with Gasteiger partial charge in [-0.2, -0.15) is 0 Å². The van der Waals surface area contributed by atoms with Gasteiger partial charge in [0.1, 0.15) is 11.6 Å². The minimum Gasteiger partial charge on any atom is -0.347 e. The second-order valence-corrected chi connectivity index (χ2v) is 6.18. The maximum absolute atomic E-state index is 13.5. The summed E-state index contributed by atoms with van der Waals surface area (Å²) >= 11 is 0. The van der Waals surface area contributed by atoms with Gasteiger partial charge in [0.25, 0.3) is 0 Å². The van der Waals surface area contributed by atoms with Crippen molar-refractivity contribution in [3.63, 3.8) is 0 Å². The third kappa shape index (κ3) is 3.05. The number of hydrogen-bond donors (Lipinski definition) is 2. The standard InChI is InChI=1S/C13H16FN3O2S/c1-3-12(13-15-6-7-16-13)17-20(18,19)10-5-4-9(2)11(14)8-10/h4-8,12,17H,3H2,1-2H3,(H,15,16). The summed E-state index contributed by atoms with van der Waals surface area (Å²) in [5, 5.41) is 0. The topological polar surface area (TPSA) is 74.8 Å². The zero-order valence-electron chi connectivity index (χ0n) is 11.2. The fourth-order valence-electron chi connectivity index (χ4n) is 1.80. The van der Waals surface area contributed by atoms with Crippen LogP contribution < -0.4 is 4.72 Å². The molecule has 1 aromatic carbocycles. The fourth-order valence-corrected chi connectivity index (χ4v) is 3.09. The van der Waals surface area contributed by atoms with Crippen LogP contribution in [0.25, 0.3) is 0 Å². The third-order valence-corrected chi connectivity index (χ3v) is 4.48. The van der Waals surface area contributed by atoms with Gasteiger partial charge in [-0.15, -0.1) is 0 Å². The Kier molecular flexibility index (Phi) is 4.20. The van der Waals surface area contributed by atoms with Crippen LogP contribution in [0.5, 0.6) is 0 Å². The molecule has 108 valence electrons. The molecule has 0 radical (unpaired) electrons. The summed E-state index contributed by atoms with van der Waals surface area (Å²) in [4.78, 5) is 6.82. The van der Waals surface area contributed by atoms with Gasteiger partial charge in [0, 0.05) is 12.4 Å². The number of nitrogens with zero attached hydrogens (tertiary/aromatic N) is 1. The molecule has 0 saturated heterocycles. The largest absolute Gasteiger partial charge is 0.347 e. The first-order chi connectivity index (χ1) is 9.44. The monoisotopic (exact) mass is 297 g/mol. The molecule has 0 aliphatic carbocycles. The van der Waals surface area contributed by atoms with Gasteiger partial charge >= 0.3 is 0 Å². The Labute approximate surface area is 117 Å². The van der Waals surface area contributed by atoms with Crippen molar-refractivity contribution in [1.82, 2.24) is 14.7 Å². The van der Waals surface area contributed by atoms with Crippen LogP contribution in [0.2, 0.25) is 0 Å². The van der Waals surface area contributed by atoms with Gasteiger partial charge in [0.2, 0.25) is 10.0 Å². The van der Waals surface area contributed by atoms with E-state index in [1.807, 2.05) is 6.92 Å². The maximum Gasteiger partial charge on any atom is 0.241 e. The summed E-state index contributed by atoms with van der Waals surface area (Å²) in [6, 6.07) is 3.37. The fraction of sp³-hybridized carbons (Fsp3) is 0.308. The Hall–Kier alpha value is -1.73. The predicted octanol–water partition coefficient (Wildman–Crippen LogP) is 2.29. The number of halogens is 1. The van der Waals surface area contributed by atoms with Crippen LogP contribution in [-0.4, -0.2) is 18.4 Å². The van der Waals surface area contributed by atoms with E-state index in [9.17, 15) is 12.8 Å². The van der Waals surface area contributed by atoms with Gasteiger partial charge in [0.15, 0.2) is 0 Å². The summed E-state index contributed by atoms with van der Waals surface area (Å²) in [5.41, 5.74) is 0.405. The Balaban J connectivity index is 2.28. The number of aromatic nitrogens is 2. The number of rotatable bonds is 5. The minimum absolute atomic E-state index is 0.0920. The van der Waals surface area contributed by atoms with E-state index in [2.05, 4.69) is 14.7 Å². The molecule has 5 nitrogen and oxygen atoms in total. The van der Waals surface area contributed by atoms with Gasteiger partial charge in [-0.05, 0) is 31.0 Å². The molecule has 0 bridgehead atoms. The van der Waals surface area contributed by atoms with Crippen molar-refractivity contribution in [2.24, 2.45) is 0 Å². The lowest BCUT2D eigenvalue weighted by atomic mass is 10.2. The lowest BCUT2D eigenvalue weighted by molar-refractivity contribution is 0.537. The van der Waals surface area contributed by atoms with Crippen LogP contribution in [0.3, 0.4) is 0 Å². The number of aryl methyl sites for hydroxylation is 1. The van der Waals surface area contributed by atoms with E-state index in [-0.39, 0.29) is 4.90 Å². The first-order valence-electron chi connectivity index (χ1n) is 6.22. The Morgan fingerprint density at radius 3 is 2.75 bits per heavy atom. The average Bonchev–Trinajstić information content (AvgIpc) is 2.93. The highest BCUT2D eigenvalue weighted by atomic mass is 32.2. The third-order valence-electron chi connectivity index (χ3n) is 3.01. The molecule has 0 aliphatic rings. The summed E-state index contributed by atoms with van der Waals surface area (Å²) in [6.45, 7) is 3.42. The molecular formula is C13H16FN3O2S. The summed E-state index contributed by atoms with van der Waals surface area (Å²) < 4.78 is 40.5. The molecule has 7 heteroatoms. The number of hydrogen-bond acceptors (Lipinski definition) is 3. The first kappa shape index (κ1) is 14.7. The van der Waals surface area contributed by atoms with Gasteiger partial charge in [-0.3, -0.25) is 0 Å². The van der Waals surface area contributed by atoms with Crippen LogP contribution in [0.1, 0.15) is 30.8 Å². The van der Waals surface area contributed by atoms with E-state index in [1.54, 1.807) is 19.3 Å². The average molecular weight is 297 g/mol. The van der Waals surface area contributed by atoms with Crippen LogP contribution in [-0.2, 0) is 10.0 Å². The molecule has 1 atom stereocenters. The molecule has 2 aromatic rings. The first-order valence-corrected chi connectivity index (χ1v) is 7.70. The van der Waals surface area contributed by atoms with E-state index >= 15 is 0 Å². The van der Waals surface area contributed by atoms with Crippen LogP contribution >= 0.6 is 0 Å².